The van der Waals surface area contributed by atoms with Crippen molar-refractivity contribution in [1.82, 2.24) is 9.88 Å². The van der Waals surface area contributed by atoms with Gasteiger partial charge >= 0.3 is 5.97 Å². The van der Waals surface area contributed by atoms with E-state index >= 15 is 0 Å². The minimum absolute atomic E-state index is 0.0462. The van der Waals surface area contributed by atoms with Crippen molar-refractivity contribution >= 4 is 34.6 Å². The second-order valence-electron chi connectivity index (χ2n) is 13.0. The van der Waals surface area contributed by atoms with E-state index in [1.54, 1.807) is 4.90 Å². The van der Waals surface area contributed by atoms with Crippen LogP contribution in [0.2, 0.25) is 0 Å². The Balaban J connectivity index is 1.41. The van der Waals surface area contributed by atoms with Gasteiger partial charge in [-0.3, -0.25) is 14.5 Å². The molecule has 0 aliphatic rings. The molecule has 4 rings (SSSR count). The summed E-state index contributed by atoms with van der Waals surface area (Å²) in [6.45, 7) is 15.0. The lowest BCUT2D eigenvalue weighted by molar-refractivity contribution is -0.138. The van der Waals surface area contributed by atoms with Gasteiger partial charge in [0.1, 0.15) is 5.01 Å². The van der Waals surface area contributed by atoms with Gasteiger partial charge in [-0.15, -0.1) is 11.3 Å². The molecule has 0 atom stereocenters. The largest absolute Gasteiger partial charge is 0.480 e. The van der Waals surface area contributed by atoms with Crippen molar-refractivity contribution in [3.63, 3.8) is 0 Å². The van der Waals surface area contributed by atoms with E-state index in [-0.39, 0.29) is 25.5 Å². The monoisotopic (exact) mass is 654 g/mol. The van der Waals surface area contributed by atoms with Gasteiger partial charge in [0.25, 0.3) is 0 Å². The van der Waals surface area contributed by atoms with Crippen LogP contribution in [0.5, 0.6) is 0 Å². The van der Waals surface area contributed by atoms with Gasteiger partial charge in [0, 0.05) is 35.4 Å². The highest BCUT2D eigenvalue weighted by atomic mass is 32.1. The minimum atomic E-state index is -0.986. The molecular weight excluding hydrogens is 605 g/mol. The first kappa shape index (κ1) is 35.8. The molecule has 47 heavy (non-hydrogen) atoms. The third kappa shape index (κ3) is 10.8. The van der Waals surface area contributed by atoms with E-state index in [2.05, 4.69) is 100 Å². The number of nitrogens with zero attached hydrogens (tertiary/aromatic N) is 3. The SMILES string of the molecule is CCC(CC)CN(Cc1ccc(-c2csc(CN(CC(=O)O)CC(=O)Nc3ccc(C(C)C)cc3)n2)cc1)c1ccc(C(C)C)cc1. The third-order valence-electron chi connectivity index (χ3n) is 8.68. The van der Waals surface area contributed by atoms with E-state index < -0.39 is 5.97 Å². The van der Waals surface area contributed by atoms with Crippen LogP contribution >= 0.6 is 11.3 Å². The van der Waals surface area contributed by atoms with Gasteiger partial charge in [-0.05, 0) is 58.7 Å². The molecule has 0 fully saturated rings. The Hall–Kier alpha value is -4.01. The van der Waals surface area contributed by atoms with E-state index in [4.69, 9.17) is 4.98 Å². The number of rotatable bonds is 17. The molecular formula is C39H50N4O3S. The van der Waals surface area contributed by atoms with Crippen molar-refractivity contribution in [2.75, 3.05) is 29.9 Å². The zero-order valence-electron chi connectivity index (χ0n) is 28.7. The molecule has 0 radical (unpaired) electrons. The Bertz CT molecular complexity index is 1560. The van der Waals surface area contributed by atoms with Gasteiger partial charge in [-0.2, -0.15) is 0 Å². The first-order valence-electron chi connectivity index (χ1n) is 16.8. The van der Waals surface area contributed by atoms with Crippen LogP contribution in [0.3, 0.4) is 0 Å². The summed E-state index contributed by atoms with van der Waals surface area (Å²) in [6, 6.07) is 25.3. The molecule has 0 spiro atoms. The molecule has 0 saturated heterocycles. The zero-order valence-corrected chi connectivity index (χ0v) is 29.5. The molecule has 0 aliphatic carbocycles. The van der Waals surface area contributed by atoms with Crippen LogP contribution in [0.4, 0.5) is 11.4 Å². The number of carbonyl (C=O) groups excluding carboxylic acids is 1. The number of hydrogen-bond donors (Lipinski definition) is 2. The molecule has 7 nitrogen and oxygen atoms in total. The van der Waals surface area contributed by atoms with Gasteiger partial charge in [0.15, 0.2) is 0 Å². The molecule has 4 aromatic rings. The number of hydrogen-bond acceptors (Lipinski definition) is 6. The standard InChI is InChI=1S/C39H50N4O3S/c1-7-29(8-2)21-43(35-19-15-32(16-20-35)28(5)6)22-30-9-11-33(12-10-30)36-26-47-38(41-36)24-42(25-39(45)46)23-37(44)40-34-17-13-31(14-18-34)27(3)4/h9-20,26-29H,7-8,21-25H2,1-6H3,(H,40,44)(H,45,46). The van der Waals surface area contributed by atoms with Gasteiger partial charge < -0.3 is 15.3 Å². The molecule has 1 aromatic heterocycles. The van der Waals surface area contributed by atoms with Crippen molar-refractivity contribution in [2.24, 2.45) is 5.92 Å². The summed E-state index contributed by atoms with van der Waals surface area (Å²) in [7, 11) is 0. The second kappa shape index (κ2) is 17.2. The molecule has 8 heteroatoms. The summed E-state index contributed by atoms with van der Waals surface area (Å²) in [5.74, 6) is 0.300. The quantitative estimate of drug-likeness (QED) is 0.118. The lowest BCUT2D eigenvalue weighted by atomic mass is 10.0. The number of anilines is 2. The molecule has 1 amide bonds. The molecule has 250 valence electrons. The zero-order chi connectivity index (χ0) is 33.9. The number of thiazole rings is 1. The number of carbonyl (C=O) groups is 2. The van der Waals surface area contributed by atoms with E-state index in [1.165, 1.54) is 33.7 Å². The summed E-state index contributed by atoms with van der Waals surface area (Å²) < 4.78 is 0. The smallest absolute Gasteiger partial charge is 0.317 e. The highest BCUT2D eigenvalue weighted by Crippen LogP contribution is 2.27. The van der Waals surface area contributed by atoms with E-state index in [0.29, 0.717) is 23.4 Å². The normalized spacial score (nSPS) is 11.5. The first-order valence-corrected chi connectivity index (χ1v) is 17.6. The number of benzene rings is 3. The molecule has 3 aromatic carbocycles. The second-order valence-corrected chi connectivity index (χ2v) is 13.9. The molecule has 0 saturated carbocycles. The van der Waals surface area contributed by atoms with Crippen LogP contribution < -0.4 is 10.2 Å². The van der Waals surface area contributed by atoms with Crippen molar-refractivity contribution in [2.45, 2.75) is 79.3 Å². The van der Waals surface area contributed by atoms with Crippen LogP contribution in [-0.2, 0) is 22.7 Å². The van der Waals surface area contributed by atoms with Crippen LogP contribution in [0.1, 0.15) is 87.9 Å². The molecule has 0 unspecified atom stereocenters. The average molecular weight is 655 g/mol. The van der Waals surface area contributed by atoms with Crippen LogP contribution in [-0.4, -0.2) is 46.5 Å². The number of carboxylic acids is 1. The summed E-state index contributed by atoms with van der Waals surface area (Å²) in [5.41, 5.74) is 7.58. The molecule has 1 heterocycles. The van der Waals surface area contributed by atoms with E-state index in [9.17, 15) is 14.7 Å². The predicted octanol–water partition coefficient (Wildman–Crippen LogP) is 9.03. The van der Waals surface area contributed by atoms with Gasteiger partial charge in [0.05, 0.1) is 25.3 Å². The fourth-order valence-electron chi connectivity index (χ4n) is 5.61. The van der Waals surface area contributed by atoms with Crippen LogP contribution in [0.25, 0.3) is 11.3 Å². The van der Waals surface area contributed by atoms with Gasteiger partial charge in [-0.1, -0.05) is 103 Å². The minimum Gasteiger partial charge on any atom is -0.480 e. The lowest BCUT2D eigenvalue weighted by Crippen LogP contribution is -2.36. The van der Waals surface area contributed by atoms with Crippen molar-refractivity contribution < 1.29 is 14.7 Å². The molecule has 0 bridgehead atoms. The maximum absolute atomic E-state index is 12.8. The lowest BCUT2D eigenvalue weighted by Gasteiger charge is -2.29. The number of carboxylic acid groups (broad SMARTS) is 1. The van der Waals surface area contributed by atoms with Crippen molar-refractivity contribution in [3.05, 3.63) is 99.9 Å². The molecule has 0 aliphatic heterocycles. The van der Waals surface area contributed by atoms with Crippen molar-refractivity contribution in [1.29, 1.82) is 0 Å². The average Bonchev–Trinajstić information content (AvgIpc) is 3.51. The maximum atomic E-state index is 12.8. The Morgan fingerprint density at radius 1 is 0.809 bits per heavy atom. The fourth-order valence-corrected chi connectivity index (χ4v) is 6.46. The summed E-state index contributed by atoms with van der Waals surface area (Å²) in [4.78, 5) is 33.3. The number of aliphatic carboxylic acids is 1. The highest BCUT2D eigenvalue weighted by Gasteiger charge is 2.18. The summed E-state index contributed by atoms with van der Waals surface area (Å²) in [6.07, 6.45) is 2.31. The number of nitrogens with one attached hydrogen (secondary N) is 1. The van der Waals surface area contributed by atoms with E-state index in [1.807, 2.05) is 29.6 Å². The maximum Gasteiger partial charge on any atom is 0.317 e. The van der Waals surface area contributed by atoms with E-state index in [0.717, 1.165) is 42.2 Å². The van der Waals surface area contributed by atoms with Gasteiger partial charge in [0.2, 0.25) is 5.91 Å². The fraction of sp³-hybridized carbons (Fsp3) is 0.410. The summed E-state index contributed by atoms with van der Waals surface area (Å²) in [5, 5.41) is 15.2. The van der Waals surface area contributed by atoms with Crippen molar-refractivity contribution in [3.8, 4) is 11.3 Å². The Labute approximate surface area is 284 Å². The molecule has 2 N–H and O–H groups in total. The predicted molar refractivity (Wildman–Crippen MR) is 195 cm³/mol. The highest BCUT2D eigenvalue weighted by molar-refractivity contribution is 7.09. The number of amides is 1. The Morgan fingerprint density at radius 3 is 1.96 bits per heavy atom. The number of aromatic nitrogens is 1. The van der Waals surface area contributed by atoms with Crippen LogP contribution in [0, 0.1) is 5.92 Å². The topological polar surface area (TPSA) is 85.8 Å². The first-order chi connectivity index (χ1) is 22.5. The van der Waals surface area contributed by atoms with Gasteiger partial charge in [-0.25, -0.2) is 4.98 Å². The Kier molecular flexibility index (Phi) is 13.1. The third-order valence-corrected chi connectivity index (χ3v) is 9.51. The summed E-state index contributed by atoms with van der Waals surface area (Å²) >= 11 is 1.48. The van der Waals surface area contributed by atoms with Crippen LogP contribution in [0.15, 0.2) is 78.2 Å². The Morgan fingerprint density at radius 2 is 1.40 bits per heavy atom.